The highest BCUT2D eigenvalue weighted by Crippen LogP contribution is 2.43. The Kier molecular flexibility index (Phi) is 4.67. The molecule has 1 aliphatic heterocycles. The zero-order valence-corrected chi connectivity index (χ0v) is 16.3. The van der Waals surface area contributed by atoms with Gasteiger partial charge in [-0.05, 0) is 37.0 Å². The van der Waals surface area contributed by atoms with Gasteiger partial charge in [-0.2, -0.15) is 0 Å². The van der Waals surface area contributed by atoms with Crippen LogP contribution in [0.25, 0.3) is 0 Å². The topological polar surface area (TPSA) is 67.4 Å². The van der Waals surface area contributed by atoms with E-state index in [1.165, 1.54) is 7.11 Å². The van der Waals surface area contributed by atoms with Crippen LogP contribution in [0.3, 0.4) is 0 Å². The maximum atomic E-state index is 13.5. The summed E-state index contributed by atoms with van der Waals surface area (Å²) in [5.41, 5.74) is 5.50. The SMILES string of the molecule is COC(=O)[C@@H]1C(=O)C2=C(C[C@@H]1C)Nc1ccccc1N[C@@H]2c1ccc(C)cc1. The quantitative estimate of drug-likeness (QED) is 0.607. The van der Waals surface area contributed by atoms with E-state index < -0.39 is 11.9 Å². The fourth-order valence-corrected chi connectivity index (χ4v) is 4.14. The number of rotatable bonds is 2. The molecular weight excluding hydrogens is 352 g/mol. The number of anilines is 2. The molecule has 2 aliphatic rings. The molecule has 2 aromatic carbocycles. The Labute approximate surface area is 164 Å². The minimum Gasteiger partial charge on any atom is -0.468 e. The van der Waals surface area contributed by atoms with Gasteiger partial charge in [-0.3, -0.25) is 9.59 Å². The zero-order valence-electron chi connectivity index (χ0n) is 16.3. The van der Waals surface area contributed by atoms with E-state index in [0.717, 1.165) is 28.2 Å². The lowest BCUT2D eigenvalue weighted by molar-refractivity contribution is -0.151. The number of benzene rings is 2. The van der Waals surface area contributed by atoms with Crippen LogP contribution >= 0.6 is 0 Å². The van der Waals surface area contributed by atoms with Crippen LogP contribution in [-0.2, 0) is 14.3 Å². The van der Waals surface area contributed by atoms with Gasteiger partial charge in [0.25, 0.3) is 0 Å². The fraction of sp³-hybridized carbons (Fsp3) is 0.304. The number of aryl methyl sites for hydroxylation is 1. The number of carbonyl (C=O) groups excluding carboxylic acids is 2. The van der Waals surface area contributed by atoms with E-state index in [9.17, 15) is 9.59 Å². The largest absolute Gasteiger partial charge is 0.468 e. The van der Waals surface area contributed by atoms with Crippen molar-refractivity contribution in [2.75, 3.05) is 17.7 Å². The summed E-state index contributed by atoms with van der Waals surface area (Å²) in [5.74, 6) is -1.54. The highest BCUT2D eigenvalue weighted by Gasteiger charge is 2.44. The summed E-state index contributed by atoms with van der Waals surface area (Å²) in [6.45, 7) is 3.96. The third kappa shape index (κ3) is 3.07. The van der Waals surface area contributed by atoms with Gasteiger partial charge in [-0.15, -0.1) is 0 Å². The molecule has 5 nitrogen and oxygen atoms in total. The van der Waals surface area contributed by atoms with Gasteiger partial charge in [0.1, 0.15) is 5.92 Å². The first-order chi connectivity index (χ1) is 13.5. The predicted octanol–water partition coefficient (Wildman–Crippen LogP) is 4.23. The number of Topliss-reactive ketones (excluding diaryl/α,β-unsaturated/α-hetero) is 1. The minimum atomic E-state index is -0.776. The molecule has 0 fully saturated rings. The van der Waals surface area contributed by atoms with Crippen molar-refractivity contribution >= 4 is 23.1 Å². The second kappa shape index (κ2) is 7.15. The second-order valence-electron chi connectivity index (χ2n) is 7.60. The van der Waals surface area contributed by atoms with Gasteiger partial charge < -0.3 is 15.4 Å². The molecule has 0 spiro atoms. The van der Waals surface area contributed by atoms with E-state index in [1.807, 2.05) is 62.4 Å². The third-order valence-corrected chi connectivity index (χ3v) is 5.64. The number of esters is 1. The monoisotopic (exact) mass is 376 g/mol. The first kappa shape index (κ1) is 18.3. The lowest BCUT2D eigenvalue weighted by Gasteiger charge is -2.32. The van der Waals surface area contributed by atoms with Crippen LogP contribution < -0.4 is 10.6 Å². The molecule has 144 valence electrons. The molecule has 28 heavy (non-hydrogen) atoms. The summed E-state index contributed by atoms with van der Waals surface area (Å²) in [7, 11) is 1.34. The molecule has 1 heterocycles. The molecule has 0 saturated carbocycles. The molecule has 5 heteroatoms. The van der Waals surface area contributed by atoms with E-state index in [4.69, 9.17) is 4.74 Å². The number of ketones is 1. The Hall–Kier alpha value is -3.08. The maximum absolute atomic E-state index is 13.5. The van der Waals surface area contributed by atoms with Crippen molar-refractivity contribution in [1.29, 1.82) is 0 Å². The van der Waals surface area contributed by atoms with Gasteiger partial charge in [0, 0.05) is 11.3 Å². The van der Waals surface area contributed by atoms with Crippen LogP contribution in [0.2, 0.25) is 0 Å². The number of methoxy groups -OCH3 is 1. The van der Waals surface area contributed by atoms with E-state index >= 15 is 0 Å². The lowest BCUT2D eigenvalue weighted by Crippen LogP contribution is -2.39. The van der Waals surface area contributed by atoms with Crippen molar-refractivity contribution in [2.24, 2.45) is 11.8 Å². The highest BCUT2D eigenvalue weighted by molar-refractivity contribution is 6.11. The Morgan fingerprint density at radius 3 is 2.43 bits per heavy atom. The number of hydrogen-bond donors (Lipinski definition) is 2. The van der Waals surface area contributed by atoms with E-state index in [1.54, 1.807) is 0 Å². The van der Waals surface area contributed by atoms with Crippen LogP contribution in [0, 0.1) is 18.8 Å². The molecule has 2 aromatic rings. The number of hydrogen-bond acceptors (Lipinski definition) is 5. The van der Waals surface area contributed by atoms with Crippen LogP contribution in [0.15, 0.2) is 59.8 Å². The lowest BCUT2D eigenvalue weighted by atomic mass is 9.75. The first-order valence-electron chi connectivity index (χ1n) is 9.54. The molecule has 2 N–H and O–H groups in total. The van der Waals surface area contributed by atoms with Crippen LogP contribution in [0.5, 0.6) is 0 Å². The summed E-state index contributed by atoms with van der Waals surface area (Å²) >= 11 is 0. The molecule has 0 radical (unpaired) electrons. The van der Waals surface area contributed by atoms with E-state index in [0.29, 0.717) is 12.0 Å². The van der Waals surface area contributed by atoms with Gasteiger partial charge in [-0.1, -0.05) is 48.9 Å². The third-order valence-electron chi connectivity index (χ3n) is 5.64. The summed E-state index contributed by atoms with van der Waals surface area (Å²) in [4.78, 5) is 25.8. The Bertz CT molecular complexity index is 962. The van der Waals surface area contributed by atoms with Crippen LogP contribution in [0.1, 0.15) is 30.5 Å². The van der Waals surface area contributed by atoms with Gasteiger partial charge in [0.15, 0.2) is 5.78 Å². The van der Waals surface area contributed by atoms with Crippen molar-refractivity contribution in [2.45, 2.75) is 26.3 Å². The number of ether oxygens (including phenoxy) is 1. The highest BCUT2D eigenvalue weighted by atomic mass is 16.5. The van der Waals surface area contributed by atoms with Crippen molar-refractivity contribution in [3.05, 3.63) is 70.9 Å². The predicted molar refractivity (Wildman–Crippen MR) is 109 cm³/mol. The molecule has 0 amide bonds. The molecule has 3 atom stereocenters. The number of nitrogens with one attached hydrogen (secondary N) is 2. The first-order valence-corrected chi connectivity index (χ1v) is 9.54. The molecule has 0 aromatic heterocycles. The number of fused-ring (bicyclic) bond motifs is 1. The standard InChI is InChI=1S/C23H24N2O3/c1-13-8-10-15(11-9-13)21-20-18(24-16-6-4-5-7-17(16)25-21)12-14(2)19(22(20)26)23(27)28-3/h4-11,14,19,21,24-25H,12H2,1-3H3/t14-,19-,21+/m0/s1. The van der Waals surface area contributed by atoms with Crippen molar-refractivity contribution < 1.29 is 14.3 Å². The Morgan fingerprint density at radius 1 is 1.07 bits per heavy atom. The second-order valence-corrected chi connectivity index (χ2v) is 7.60. The average Bonchev–Trinajstić information content (AvgIpc) is 2.85. The normalized spacial score (nSPS) is 23.7. The van der Waals surface area contributed by atoms with Gasteiger partial charge in [-0.25, -0.2) is 0 Å². The molecule has 4 rings (SSSR count). The number of para-hydroxylation sites is 2. The minimum absolute atomic E-state index is 0.130. The van der Waals surface area contributed by atoms with Gasteiger partial charge in [0.2, 0.25) is 0 Å². The molecule has 0 bridgehead atoms. The smallest absolute Gasteiger partial charge is 0.316 e. The summed E-state index contributed by atoms with van der Waals surface area (Å²) in [5, 5.41) is 6.98. The van der Waals surface area contributed by atoms with E-state index in [-0.39, 0.29) is 17.7 Å². The van der Waals surface area contributed by atoms with Gasteiger partial charge >= 0.3 is 5.97 Å². The Balaban J connectivity index is 1.87. The summed E-state index contributed by atoms with van der Waals surface area (Å²) in [6.07, 6.45) is 0.610. The summed E-state index contributed by atoms with van der Waals surface area (Å²) < 4.78 is 4.94. The van der Waals surface area contributed by atoms with Crippen molar-refractivity contribution in [3.8, 4) is 0 Å². The number of allylic oxidation sites excluding steroid dienone is 1. The van der Waals surface area contributed by atoms with E-state index in [2.05, 4.69) is 10.6 Å². The van der Waals surface area contributed by atoms with Crippen LogP contribution in [0.4, 0.5) is 11.4 Å². The van der Waals surface area contributed by atoms with Crippen LogP contribution in [-0.4, -0.2) is 18.9 Å². The molecule has 0 saturated heterocycles. The van der Waals surface area contributed by atoms with Crippen molar-refractivity contribution in [3.63, 3.8) is 0 Å². The van der Waals surface area contributed by atoms with Gasteiger partial charge in [0.05, 0.1) is 24.5 Å². The molecule has 0 unspecified atom stereocenters. The Morgan fingerprint density at radius 2 is 1.75 bits per heavy atom. The fourth-order valence-electron chi connectivity index (χ4n) is 4.14. The van der Waals surface area contributed by atoms with Crippen molar-refractivity contribution in [1.82, 2.24) is 0 Å². The summed E-state index contributed by atoms with van der Waals surface area (Å²) in [6, 6.07) is 15.7. The molecular formula is C23H24N2O3. The average molecular weight is 376 g/mol. The number of carbonyl (C=O) groups is 2. The zero-order chi connectivity index (χ0) is 19.8. The maximum Gasteiger partial charge on any atom is 0.316 e. The molecule has 1 aliphatic carbocycles.